The number of unbranched alkanes of at least 4 members (excludes halogenated alkanes) is 3. The molecule has 4 heteroatoms. The highest BCUT2D eigenvalue weighted by atomic mass is 16.4. The quantitative estimate of drug-likeness (QED) is 0.581. The van der Waals surface area contributed by atoms with E-state index in [1.807, 2.05) is 24.5 Å². The van der Waals surface area contributed by atoms with Gasteiger partial charge in [-0.25, -0.2) is 14.8 Å². The molecule has 0 bridgehead atoms. The van der Waals surface area contributed by atoms with E-state index in [1.165, 1.54) is 25.7 Å². The highest BCUT2D eigenvalue weighted by Crippen LogP contribution is 2.19. The number of aryl methyl sites for hydroxylation is 1. The molecular weight excluding hydrogens is 288 g/mol. The molecule has 1 heterocycles. The standard InChI is InChI=1S/C19H22N2O2/c1-3-4-5-6-7-15-12-20-18(21-13-15)17-10-8-16(9-11-17)14(2)19(22)23/h8-13H,2-7H2,1H3,(H,22,23). The van der Waals surface area contributed by atoms with E-state index in [1.54, 1.807) is 12.1 Å². The molecule has 0 fully saturated rings. The summed E-state index contributed by atoms with van der Waals surface area (Å²) >= 11 is 0. The van der Waals surface area contributed by atoms with E-state index in [9.17, 15) is 4.79 Å². The van der Waals surface area contributed by atoms with E-state index < -0.39 is 5.97 Å². The molecule has 1 aromatic carbocycles. The number of benzene rings is 1. The van der Waals surface area contributed by atoms with Crippen molar-refractivity contribution in [2.24, 2.45) is 0 Å². The van der Waals surface area contributed by atoms with E-state index in [0.717, 1.165) is 17.5 Å². The van der Waals surface area contributed by atoms with Crippen LogP contribution in [0.3, 0.4) is 0 Å². The van der Waals surface area contributed by atoms with E-state index in [2.05, 4.69) is 23.5 Å². The fourth-order valence-electron chi connectivity index (χ4n) is 2.33. The van der Waals surface area contributed by atoms with Crippen molar-refractivity contribution >= 4 is 11.5 Å². The molecule has 0 aliphatic heterocycles. The molecule has 0 spiro atoms. The van der Waals surface area contributed by atoms with Crippen molar-refractivity contribution in [1.82, 2.24) is 9.97 Å². The maximum atomic E-state index is 10.9. The van der Waals surface area contributed by atoms with Crippen LogP contribution in [0.15, 0.2) is 43.2 Å². The van der Waals surface area contributed by atoms with Gasteiger partial charge in [-0.2, -0.15) is 0 Å². The van der Waals surface area contributed by atoms with Crippen LogP contribution < -0.4 is 0 Å². The van der Waals surface area contributed by atoms with Gasteiger partial charge in [-0.15, -0.1) is 0 Å². The number of carboxylic acid groups (broad SMARTS) is 1. The lowest BCUT2D eigenvalue weighted by atomic mass is 10.1. The Morgan fingerprint density at radius 1 is 1.09 bits per heavy atom. The highest BCUT2D eigenvalue weighted by Gasteiger charge is 2.08. The molecule has 4 nitrogen and oxygen atoms in total. The van der Waals surface area contributed by atoms with Gasteiger partial charge >= 0.3 is 5.97 Å². The molecule has 0 radical (unpaired) electrons. The molecule has 0 aliphatic rings. The summed E-state index contributed by atoms with van der Waals surface area (Å²) < 4.78 is 0. The predicted octanol–water partition coefficient (Wildman–Crippen LogP) is 4.36. The summed E-state index contributed by atoms with van der Waals surface area (Å²) in [6, 6.07) is 7.10. The van der Waals surface area contributed by atoms with Crippen LogP contribution in [0.25, 0.3) is 17.0 Å². The van der Waals surface area contributed by atoms with Gasteiger partial charge in [0.05, 0.1) is 5.57 Å². The molecule has 0 amide bonds. The highest BCUT2D eigenvalue weighted by molar-refractivity contribution is 6.14. The van der Waals surface area contributed by atoms with Gasteiger partial charge in [0.2, 0.25) is 0 Å². The molecule has 0 saturated heterocycles. The van der Waals surface area contributed by atoms with Crippen molar-refractivity contribution in [2.75, 3.05) is 0 Å². The third-order valence-electron chi connectivity index (χ3n) is 3.77. The Hall–Kier alpha value is -2.49. The molecule has 1 N–H and O–H groups in total. The van der Waals surface area contributed by atoms with E-state index in [-0.39, 0.29) is 5.57 Å². The van der Waals surface area contributed by atoms with Crippen LogP contribution in [0.5, 0.6) is 0 Å². The lowest BCUT2D eigenvalue weighted by Crippen LogP contribution is -1.98. The summed E-state index contributed by atoms with van der Waals surface area (Å²) in [4.78, 5) is 19.7. The molecule has 0 atom stereocenters. The largest absolute Gasteiger partial charge is 0.478 e. The second-order valence-electron chi connectivity index (χ2n) is 5.59. The summed E-state index contributed by atoms with van der Waals surface area (Å²) in [5, 5.41) is 8.93. The third-order valence-corrected chi connectivity index (χ3v) is 3.77. The lowest BCUT2D eigenvalue weighted by Gasteiger charge is -2.05. The maximum absolute atomic E-state index is 10.9. The number of aliphatic carboxylic acids is 1. The Bertz CT molecular complexity index is 661. The van der Waals surface area contributed by atoms with Crippen LogP contribution in [0.1, 0.15) is 43.7 Å². The first kappa shape index (κ1) is 16.9. The SMILES string of the molecule is C=C(C(=O)O)c1ccc(-c2ncc(CCCCCC)cn2)cc1. The lowest BCUT2D eigenvalue weighted by molar-refractivity contribution is -0.130. The van der Waals surface area contributed by atoms with Crippen LogP contribution in [0.4, 0.5) is 0 Å². The predicted molar refractivity (Wildman–Crippen MR) is 92.0 cm³/mol. The zero-order chi connectivity index (χ0) is 16.7. The zero-order valence-corrected chi connectivity index (χ0v) is 13.5. The second kappa shape index (κ2) is 8.22. The average molecular weight is 310 g/mol. The molecule has 2 rings (SSSR count). The molecule has 0 saturated carbocycles. The Labute approximate surface area is 136 Å². The van der Waals surface area contributed by atoms with Crippen LogP contribution >= 0.6 is 0 Å². The molecule has 2 aromatic rings. The van der Waals surface area contributed by atoms with Gasteiger partial charge in [0, 0.05) is 18.0 Å². The first-order valence-corrected chi connectivity index (χ1v) is 7.95. The summed E-state index contributed by atoms with van der Waals surface area (Å²) in [5.41, 5.74) is 2.69. The minimum absolute atomic E-state index is 0.0832. The third kappa shape index (κ3) is 4.74. The van der Waals surface area contributed by atoms with Crippen LogP contribution in [0, 0.1) is 0 Å². The average Bonchev–Trinajstić information content (AvgIpc) is 2.59. The smallest absolute Gasteiger partial charge is 0.335 e. The van der Waals surface area contributed by atoms with Gasteiger partial charge in [-0.05, 0) is 24.0 Å². The normalized spacial score (nSPS) is 10.5. The zero-order valence-electron chi connectivity index (χ0n) is 13.5. The molecule has 0 aliphatic carbocycles. The van der Waals surface area contributed by atoms with Gasteiger partial charge in [0.15, 0.2) is 5.82 Å². The van der Waals surface area contributed by atoms with Crippen LogP contribution in [-0.4, -0.2) is 21.0 Å². The van der Waals surface area contributed by atoms with Crippen molar-refractivity contribution in [2.45, 2.75) is 39.0 Å². The fraction of sp³-hybridized carbons (Fsp3) is 0.316. The second-order valence-corrected chi connectivity index (χ2v) is 5.59. The van der Waals surface area contributed by atoms with Gasteiger partial charge < -0.3 is 5.11 Å². The Morgan fingerprint density at radius 2 is 1.74 bits per heavy atom. The topological polar surface area (TPSA) is 63.1 Å². The first-order valence-electron chi connectivity index (χ1n) is 7.95. The Kier molecular flexibility index (Phi) is 6.03. The van der Waals surface area contributed by atoms with Gasteiger partial charge in [0.1, 0.15) is 0 Å². The minimum Gasteiger partial charge on any atom is -0.478 e. The van der Waals surface area contributed by atoms with Crippen molar-refractivity contribution in [1.29, 1.82) is 0 Å². The summed E-state index contributed by atoms with van der Waals surface area (Å²) in [6.07, 6.45) is 9.68. The van der Waals surface area contributed by atoms with Gasteiger partial charge in [-0.3, -0.25) is 0 Å². The van der Waals surface area contributed by atoms with Crippen molar-refractivity contribution in [3.8, 4) is 11.4 Å². The van der Waals surface area contributed by atoms with Crippen molar-refractivity contribution in [3.05, 3.63) is 54.4 Å². The summed E-state index contributed by atoms with van der Waals surface area (Å²) in [5.74, 6) is -0.365. The molecule has 120 valence electrons. The number of nitrogens with zero attached hydrogens (tertiary/aromatic N) is 2. The van der Waals surface area contributed by atoms with Crippen molar-refractivity contribution in [3.63, 3.8) is 0 Å². The van der Waals surface area contributed by atoms with Gasteiger partial charge in [-0.1, -0.05) is 57.0 Å². The molecule has 0 unspecified atom stereocenters. The van der Waals surface area contributed by atoms with Crippen LogP contribution in [0.2, 0.25) is 0 Å². The fourth-order valence-corrected chi connectivity index (χ4v) is 2.33. The maximum Gasteiger partial charge on any atom is 0.335 e. The van der Waals surface area contributed by atoms with E-state index in [0.29, 0.717) is 11.4 Å². The molecule has 23 heavy (non-hydrogen) atoms. The molecular formula is C19H22N2O2. The van der Waals surface area contributed by atoms with E-state index in [4.69, 9.17) is 5.11 Å². The van der Waals surface area contributed by atoms with Crippen LogP contribution in [-0.2, 0) is 11.2 Å². The number of carbonyl (C=O) groups is 1. The first-order chi connectivity index (χ1) is 11.1. The summed E-state index contributed by atoms with van der Waals surface area (Å²) in [6.45, 7) is 5.75. The minimum atomic E-state index is -1.01. The number of hydrogen-bond donors (Lipinski definition) is 1. The monoisotopic (exact) mass is 310 g/mol. The number of carboxylic acids is 1. The Morgan fingerprint density at radius 3 is 2.30 bits per heavy atom. The van der Waals surface area contributed by atoms with Gasteiger partial charge in [0.25, 0.3) is 0 Å². The number of hydrogen-bond acceptors (Lipinski definition) is 3. The molecule has 1 aromatic heterocycles. The number of rotatable bonds is 8. The van der Waals surface area contributed by atoms with Crippen molar-refractivity contribution < 1.29 is 9.90 Å². The van der Waals surface area contributed by atoms with E-state index >= 15 is 0 Å². The summed E-state index contributed by atoms with van der Waals surface area (Å²) in [7, 11) is 0. The number of aromatic nitrogens is 2. The Balaban J connectivity index is 2.02.